The van der Waals surface area contributed by atoms with Gasteiger partial charge in [-0.05, 0) is 17.0 Å². The van der Waals surface area contributed by atoms with E-state index in [-0.39, 0.29) is 5.56 Å². The minimum atomic E-state index is -5.02. The van der Waals surface area contributed by atoms with Crippen molar-refractivity contribution in [3.63, 3.8) is 0 Å². The number of halogens is 5. The SMILES string of the molecule is CC(C)(C)c1ccc(F)c(C(F)(F)F)c1F. The van der Waals surface area contributed by atoms with E-state index in [1.54, 1.807) is 20.8 Å². The zero-order chi connectivity index (χ0) is 12.7. The first-order valence-corrected chi connectivity index (χ1v) is 4.61. The molecular weight excluding hydrogens is 227 g/mol. The van der Waals surface area contributed by atoms with Crippen molar-refractivity contribution in [2.24, 2.45) is 0 Å². The number of hydrogen-bond donors (Lipinski definition) is 0. The third-order valence-corrected chi connectivity index (χ3v) is 2.18. The number of rotatable bonds is 0. The summed E-state index contributed by atoms with van der Waals surface area (Å²) >= 11 is 0. The summed E-state index contributed by atoms with van der Waals surface area (Å²) in [6.07, 6.45) is -5.02. The lowest BCUT2D eigenvalue weighted by Gasteiger charge is -2.22. The Morgan fingerprint density at radius 2 is 1.44 bits per heavy atom. The van der Waals surface area contributed by atoms with E-state index in [9.17, 15) is 22.0 Å². The highest BCUT2D eigenvalue weighted by atomic mass is 19.4. The molecule has 0 aromatic heterocycles. The van der Waals surface area contributed by atoms with Crippen molar-refractivity contribution >= 4 is 0 Å². The first-order chi connectivity index (χ1) is 7.05. The molecule has 0 spiro atoms. The second-order valence-corrected chi connectivity index (χ2v) is 4.53. The average molecular weight is 238 g/mol. The van der Waals surface area contributed by atoms with Crippen LogP contribution in [-0.2, 0) is 11.6 Å². The minimum Gasteiger partial charge on any atom is -0.206 e. The van der Waals surface area contributed by atoms with Gasteiger partial charge in [-0.1, -0.05) is 26.8 Å². The van der Waals surface area contributed by atoms with E-state index in [0.717, 1.165) is 6.07 Å². The molecule has 0 bridgehead atoms. The van der Waals surface area contributed by atoms with Gasteiger partial charge in [-0.15, -0.1) is 0 Å². The Morgan fingerprint density at radius 3 is 1.81 bits per heavy atom. The Kier molecular flexibility index (Phi) is 3.00. The summed E-state index contributed by atoms with van der Waals surface area (Å²) in [6, 6.07) is 1.69. The van der Waals surface area contributed by atoms with E-state index in [0.29, 0.717) is 6.07 Å². The highest BCUT2D eigenvalue weighted by molar-refractivity contribution is 5.33. The zero-order valence-corrected chi connectivity index (χ0v) is 9.04. The molecule has 0 aliphatic heterocycles. The summed E-state index contributed by atoms with van der Waals surface area (Å²) in [6.45, 7) is 4.68. The molecule has 0 N–H and O–H groups in total. The van der Waals surface area contributed by atoms with Crippen LogP contribution in [0.25, 0.3) is 0 Å². The molecule has 0 saturated carbocycles. The van der Waals surface area contributed by atoms with Crippen molar-refractivity contribution in [2.45, 2.75) is 32.4 Å². The molecule has 0 radical (unpaired) electrons. The molecule has 16 heavy (non-hydrogen) atoms. The number of hydrogen-bond acceptors (Lipinski definition) is 0. The molecule has 0 saturated heterocycles. The van der Waals surface area contributed by atoms with Crippen LogP contribution >= 0.6 is 0 Å². The van der Waals surface area contributed by atoms with Crippen molar-refractivity contribution in [2.75, 3.05) is 0 Å². The predicted molar refractivity (Wildman–Crippen MR) is 50.1 cm³/mol. The fourth-order valence-corrected chi connectivity index (χ4v) is 1.39. The molecule has 1 aromatic rings. The van der Waals surface area contributed by atoms with E-state index >= 15 is 0 Å². The van der Waals surface area contributed by atoms with Crippen LogP contribution in [0.5, 0.6) is 0 Å². The van der Waals surface area contributed by atoms with E-state index in [2.05, 4.69) is 0 Å². The molecule has 0 nitrogen and oxygen atoms in total. The Labute approximate surface area is 90.1 Å². The molecule has 0 atom stereocenters. The molecule has 0 fully saturated rings. The lowest BCUT2D eigenvalue weighted by Crippen LogP contribution is -2.19. The molecule has 90 valence electrons. The number of benzene rings is 1. The van der Waals surface area contributed by atoms with Gasteiger partial charge in [0.1, 0.15) is 17.2 Å². The second kappa shape index (κ2) is 3.71. The maximum atomic E-state index is 13.6. The molecule has 1 aromatic carbocycles. The summed E-state index contributed by atoms with van der Waals surface area (Å²) in [4.78, 5) is 0. The molecular formula is C11H11F5. The van der Waals surface area contributed by atoms with Gasteiger partial charge in [-0.2, -0.15) is 13.2 Å². The predicted octanol–water partition coefficient (Wildman–Crippen LogP) is 4.28. The van der Waals surface area contributed by atoms with Crippen LogP contribution in [0.2, 0.25) is 0 Å². The van der Waals surface area contributed by atoms with E-state index < -0.39 is 28.8 Å². The molecule has 0 aliphatic carbocycles. The van der Waals surface area contributed by atoms with Gasteiger partial charge < -0.3 is 0 Å². The van der Waals surface area contributed by atoms with Crippen LogP contribution in [0.1, 0.15) is 31.9 Å². The molecule has 1 rings (SSSR count). The van der Waals surface area contributed by atoms with Crippen LogP contribution in [0.15, 0.2) is 12.1 Å². The highest BCUT2D eigenvalue weighted by Crippen LogP contribution is 2.37. The molecule has 0 unspecified atom stereocenters. The van der Waals surface area contributed by atoms with Gasteiger partial charge in [0.15, 0.2) is 0 Å². The Morgan fingerprint density at radius 1 is 0.938 bits per heavy atom. The van der Waals surface area contributed by atoms with Gasteiger partial charge in [0, 0.05) is 0 Å². The average Bonchev–Trinajstić information content (AvgIpc) is 1.97. The van der Waals surface area contributed by atoms with Gasteiger partial charge >= 0.3 is 6.18 Å². The van der Waals surface area contributed by atoms with E-state index in [4.69, 9.17) is 0 Å². The third-order valence-electron chi connectivity index (χ3n) is 2.18. The highest BCUT2D eigenvalue weighted by Gasteiger charge is 2.39. The first kappa shape index (κ1) is 12.9. The van der Waals surface area contributed by atoms with Crippen LogP contribution < -0.4 is 0 Å². The van der Waals surface area contributed by atoms with Gasteiger partial charge in [-0.25, -0.2) is 8.78 Å². The lowest BCUT2D eigenvalue weighted by molar-refractivity contribution is -0.142. The van der Waals surface area contributed by atoms with Crippen molar-refractivity contribution in [1.82, 2.24) is 0 Å². The molecule has 0 amide bonds. The number of alkyl halides is 3. The monoisotopic (exact) mass is 238 g/mol. The van der Waals surface area contributed by atoms with Crippen molar-refractivity contribution in [3.05, 3.63) is 34.9 Å². The topological polar surface area (TPSA) is 0 Å². The zero-order valence-electron chi connectivity index (χ0n) is 9.04. The van der Waals surface area contributed by atoms with Crippen LogP contribution in [0, 0.1) is 11.6 Å². The van der Waals surface area contributed by atoms with Gasteiger partial charge in [0.05, 0.1) is 0 Å². The molecule has 0 heterocycles. The summed E-state index contributed by atoms with van der Waals surface area (Å²) in [5.74, 6) is -3.11. The molecule has 0 aliphatic rings. The first-order valence-electron chi connectivity index (χ1n) is 4.61. The van der Waals surface area contributed by atoms with Crippen molar-refractivity contribution < 1.29 is 22.0 Å². The summed E-state index contributed by atoms with van der Waals surface area (Å²) in [7, 11) is 0. The Hall–Kier alpha value is -1.13. The van der Waals surface area contributed by atoms with Gasteiger partial charge in [0.25, 0.3) is 0 Å². The Bertz CT molecular complexity index is 398. The standard InChI is InChI=1S/C11H11F5/c1-10(2,3)6-4-5-7(12)8(9(6)13)11(14,15)16/h4-5H,1-3H3. The maximum absolute atomic E-state index is 13.6. The van der Waals surface area contributed by atoms with Crippen LogP contribution in [0.3, 0.4) is 0 Å². The van der Waals surface area contributed by atoms with Gasteiger partial charge in [0.2, 0.25) is 0 Å². The Balaban J connectivity index is 3.52. The lowest BCUT2D eigenvalue weighted by atomic mass is 9.85. The molecule has 5 heteroatoms. The fraction of sp³-hybridized carbons (Fsp3) is 0.455. The normalized spacial score (nSPS) is 13.0. The van der Waals surface area contributed by atoms with E-state index in [1.165, 1.54) is 0 Å². The largest absolute Gasteiger partial charge is 0.422 e. The quantitative estimate of drug-likeness (QED) is 0.592. The second-order valence-electron chi connectivity index (χ2n) is 4.53. The summed E-state index contributed by atoms with van der Waals surface area (Å²) in [5, 5.41) is 0. The summed E-state index contributed by atoms with van der Waals surface area (Å²) < 4.78 is 63.7. The maximum Gasteiger partial charge on any atom is 0.422 e. The summed E-state index contributed by atoms with van der Waals surface area (Å²) in [5.41, 5.74) is -2.78. The van der Waals surface area contributed by atoms with Crippen LogP contribution in [-0.4, -0.2) is 0 Å². The van der Waals surface area contributed by atoms with Crippen LogP contribution in [0.4, 0.5) is 22.0 Å². The van der Waals surface area contributed by atoms with E-state index in [1.807, 2.05) is 0 Å². The smallest absolute Gasteiger partial charge is 0.206 e. The van der Waals surface area contributed by atoms with Gasteiger partial charge in [-0.3, -0.25) is 0 Å². The van der Waals surface area contributed by atoms with Crippen molar-refractivity contribution in [1.29, 1.82) is 0 Å². The van der Waals surface area contributed by atoms with Crippen molar-refractivity contribution in [3.8, 4) is 0 Å². The third kappa shape index (κ3) is 2.33. The fourth-order valence-electron chi connectivity index (χ4n) is 1.39. The minimum absolute atomic E-state index is 0.152.